The molecule has 2 aromatic rings. The third-order valence-electron chi connectivity index (χ3n) is 3.06. The summed E-state index contributed by atoms with van der Waals surface area (Å²) in [5, 5.41) is 11.1. The maximum Gasteiger partial charge on any atom is 0.271 e. The predicted molar refractivity (Wildman–Crippen MR) is 97.9 cm³/mol. The maximum atomic E-state index is 12.0. The number of carbonyl (C=O) groups excluding carboxylic acids is 1. The van der Waals surface area contributed by atoms with Crippen molar-refractivity contribution in [2.75, 3.05) is 33.4 Å². The molecule has 1 heterocycles. The van der Waals surface area contributed by atoms with Gasteiger partial charge in [0.15, 0.2) is 5.69 Å². The lowest BCUT2D eigenvalue weighted by molar-refractivity contribution is 0.0948. The molecule has 132 valence electrons. The molecular weight excluding hydrogens is 375 g/mol. The lowest BCUT2D eigenvalue weighted by Gasteiger charge is -2.05. The summed E-state index contributed by atoms with van der Waals surface area (Å²) in [5.41, 5.74) is 1.08. The minimum absolute atomic E-state index is 0. The van der Waals surface area contributed by atoms with Crippen LogP contribution in [0.15, 0.2) is 30.5 Å². The molecule has 9 heteroatoms. The van der Waals surface area contributed by atoms with E-state index >= 15 is 0 Å². The number of nitrogens with one attached hydrogen (secondary N) is 2. The Hall–Kier alpha value is -1.31. The van der Waals surface area contributed by atoms with Crippen LogP contribution in [-0.2, 0) is 4.74 Å². The normalized spacial score (nSPS) is 10.3. The number of rotatable bonds is 8. The fraction of sp³-hybridized carbons (Fsp3) is 0.333. The molecular formula is C15H19Cl3N4O2. The fourth-order valence-electron chi connectivity index (χ4n) is 1.87. The molecule has 0 saturated carbocycles. The van der Waals surface area contributed by atoms with Gasteiger partial charge in [-0.1, -0.05) is 23.2 Å². The molecule has 1 aromatic heterocycles. The summed E-state index contributed by atoms with van der Waals surface area (Å²) >= 11 is 11.9. The first-order valence-electron chi connectivity index (χ1n) is 7.11. The summed E-state index contributed by atoms with van der Waals surface area (Å²) in [7, 11) is 1.65. The van der Waals surface area contributed by atoms with Crippen molar-refractivity contribution in [1.82, 2.24) is 20.4 Å². The van der Waals surface area contributed by atoms with Crippen molar-refractivity contribution in [1.29, 1.82) is 0 Å². The SMILES string of the molecule is COCCNCCNC(=O)c1ccn(-c2ccc(Cl)c(Cl)c2)n1.Cl. The summed E-state index contributed by atoms with van der Waals surface area (Å²) in [6.07, 6.45) is 1.70. The zero-order valence-corrected chi connectivity index (χ0v) is 15.4. The number of carbonyl (C=O) groups is 1. The molecule has 0 aliphatic heterocycles. The molecule has 0 aliphatic rings. The second kappa shape index (κ2) is 10.5. The summed E-state index contributed by atoms with van der Waals surface area (Å²) < 4.78 is 6.50. The number of nitrogens with zero attached hydrogens (tertiary/aromatic N) is 2. The number of hydrogen-bond acceptors (Lipinski definition) is 4. The van der Waals surface area contributed by atoms with Crippen molar-refractivity contribution in [2.24, 2.45) is 0 Å². The lowest BCUT2D eigenvalue weighted by Crippen LogP contribution is -2.33. The lowest BCUT2D eigenvalue weighted by atomic mass is 10.3. The van der Waals surface area contributed by atoms with E-state index in [1.54, 1.807) is 42.3 Å². The van der Waals surface area contributed by atoms with Gasteiger partial charge >= 0.3 is 0 Å². The molecule has 6 nitrogen and oxygen atoms in total. The molecule has 2 rings (SSSR count). The van der Waals surface area contributed by atoms with E-state index in [0.29, 0.717) is 35.4 Å². The number of ether oxygens (including phenoxy) is 1. The van der Waals surface area contributed by atoms with Crippen LogP contribution in [0.4, 0.5) is 0 Å². The molecule has 0 spiro atoms. The molecule has 0 radical (unpaired) electrons. The number of halogens is 3. The largest absolute Gasteiger partial charge is 0.383 e. The van der Waals surface area contributed by atoms with Crippen molar-refractivity contribution in [3.63, 3.8) is 0 Å². The van der Waals surface area contributed by atoms with Gasteiger partial charge in [-0.3, -0.25) is 4.79 Å². The Morgan fingerprint density at radius 3 is 2.71 bits per heavy atom. The molecule has 0 bridgehead atoms. The van der Waals surface area contributed by atoms with E-state index in [1.807, 2.05) is 0 Å². The summed E-state index contributed by atoms with van der Waals surface area (Å²) in [6.45, 7) is 2.57. The molecule has 2 N–H and O–H groups in total. The highest BCUT2D eigenvalue weighted by molar-refractivity contribution is 6.42. The topological polar surface area (TPSA) is 68.2 Å². The van der Waals surface area contributed by atoms with Crippen LogP contribution in [0, 0.1) is 0 Å². The third kappa shape index (κ3) is 5.96. The highest BCUT2D eigenvalue weighted by atomic mass is 35.5. The van der Waals surface area contributed by atoms with Crippen LogP contribution < -0.4 is 10.6 Å². The minimum Gasteiger partial charge on any atom is -0.383 e. The van der Waals surface area contributed by atoms with Gasteiger partial charge in [0.1, 0.15) is 0 Å². The maximum absolute atomic E-state index is 12.0. The molecule has 0 aliphatic carbocycles. The minimum atomic E-state index is -0.225. The van der Waals surface area contributed by atoms with Gasteiger partial charge in [0.25, 0.3) is 5.91 Å². The van der Waals surface area contributed by atoms with Crippen molar-refractivity contribution < 1.29 is 9.53 Å². The van der Waals surface area contributed by atoms with Gasteiger partial charge in [0, 0.05) is 32.9 Å². The van der Waals surface area contributed by atoms with Crippen LogP contribution in [-0.4, -0.2) is 49.0 Å². The monoisotopic (exact) mass is 392 g/mol. The van der Waals surface area contributed by atoms with E-state index in [0.717, 1.165) is 12.2 Å². The van der Waals surface area contributed by atoms with Crippen LogP contribution >= 0.6 is 35.6 Å². The van der Waals surface area contributed by atoms with E-state index in [4.69, 9.17) is 27.9 Å². The number of aromatic nitrogens is 2. The van der Waals surface area contributed by atoms with Crippen LogP contribution in [0.5, 0.6) is 0 Å². The van der Waals surface area contributed by atoms with Crippen LogP contribution in [0.3, 0.4) is 0 Å². The summed E-state index contributed by atoms with van der Waals surface area (Å²) in [6, 6.07) is 6.81. The van der Waals surface area contributed by atoms with Crippen molar-refractivity contribution in [3.05, 3.63) is 46.2 Å². The van der Waals surface area contributed by atoms with Crippen molar-refractivity contribution in [2.45, 2.75) is 0 Å². The zero-order chi connectivity index (χ0) is 16.7. The van der Waals surface area contributed by atoms with Crippen molar-refractivity contribution >= 4 is 41.5 Å². The van der Waals surface area contributed by atoms with E-state index < -0.39 is 0 Å². The quantitative estimate of drug-likeness (QED) is 0.676. The average molecular weight is 394 g/mol. The van der Waals surface area contributed by atoms with Crippen LogP contribution in [0.1, 0.15) is 10.5 Å². The molecule has 0 fully saturated rings. The predicted octanol–water partition coefficient (Wildman–Crippen LogP) is 2.57. The van der Waals surface area contributed by atoms with Gasteiger partial charge in [-0.25, -0.2) is 4.68 Å². The highest BCUT2D eigenvalue weighted by Gasteiger charge is 2.10. The Morgan fingerprint density at radius 1 is 1.21 bits per heavy atom. The summed E-state index contributed by atoms with van der Waals surface area (Å²) in [4.78, 5) is 12.0. The first kappa shape index (κ1) is 20.7. The highest BCUT2D eigenvalue weighted by Crippen LogP contribution is 2.24. The molecule has 24 heavy (non-hydrogen) atoms. The second-order valence-electron chi connectivity index (χ2n) is 4.74. The number of benzene rings is 1. The Kier molecular flexibility index (Phi) is 9.10. The zero-order valence-electron chi connectivity index (χ0n) is 13.1. The first-order valence-corrected chi connectivity index (χ1v) is 7.86. The smallest absolute Gasteiger partial charge is 0.271 e. The van der Waals surface area contributed by atoms with Crippen LogP contribution in [0.25, 0.3) is 5.69 Å². The molecule has 0 atom stereocenters. The Balaban J connectivity index is 0.00000288. The van der Waals surface area contributed by atoms with Gasteiger partial charge in [-0.05, 0) is 24.3 Å². The second-order valence-corrected chi connectivity index (χ2v) is 5.56. The third-order valence-corrected chi connectivity index (χ3v) is 3.80. The van der Waals surface area contributed by atoms with E-state index in [1.165, 1.54) is 0 Å². The fourth-order valence-corrected chi connectivity index (χ4v) is 2.16. The van der Waals surface area contributed by atoms with Gasteiger partial charge in [0.05, 0.1) is 22.3 Å². The van der Waals surface area contributed by atoms with Gasteiger partial charge in [-0.15, -0.1) is 12.4 Å². The molecule has 1 amide bonds. The van der Waals surface area contributed by atoms with Gasteiger partial charge in [-0.2, -0.15) is 5.10 Å². The van der Waals surface area contributed by atoms with E-state index in [9.17, 15) is 4.79 Å². The van der Waals surface area contributed by atoms with Crippen LogP contribution in [0.2, 0.25) is 10.0 Å². The van der Waals surface area contributed by atoms with Crippen molar-refractivity contribution in [3.8, 4) is 5.69 Å². The molecule has 0 saturated heterocycles. The number of hydrogen-bond donors (Lipinski definition) is 2. The number of methoxy groups -OCH3 is 1. The number of amides is 1. The Morgan fingerprint density at radius 2 is 2.00 bits per heavy atom. The Labute approximate surface area is 156 Å². The average Bonchev–Trinajstić information content (AvgIpc) is 3.03. The van der Waals surface area contributed by atoms with Gasteiger partial charge in [0.2, 0.25) is 0 Å². The summed E-state index contributed by atoms with van der Waals surface area (Å²) in [5.74, 6) is -0.225. The standard InChI is InChI=1S/C15H18Cl2N4O2.ClH/c1-23-9-7-18-5-6-19-15(22)14-4-8-21(20-14)11-2-3-12(16)13(17)10-11;/h2-4,8,10,18H,5-7,9H2,1H3,(H,19,22);1H. The molecule has 0 unspecified atom stereocenters. The van der Waals surface area contributed by atoms with E-state index in [2.05, 4.69) is 15.7 Å². The van der Waals surface area contributed by atoms with E-state index in [-0.39, 0.29) is 18.3 Å². The Bertz CT molecular complexity index is 664. The first-order chi connectivity index (χ1) is 11.1. The molecule has 1 aromatic carbocycles. The van der Waals surface area contributed by atoms with Gasteiger partial charge < -0.3 is 15.4 Å².